The molecule has 0 aliphatic heterocycles. The molecule has 46 heavy (non-hydrogen) atoms. The third-order valence-electron chi connectivity index (χ3n) is 6.69. The number of nitrogens with one attached hydrogen (secondary N) is 6. The molecule has 0 amide bonds. The highest BCUT2D eigenvalue weighted by Gasteiger charge is 2.24. The van der Waals surface area contributed by atoms with Crippen LogP contribution >= 0.6 is 0 Å². The van der Waals surface area contributed by atoms with Crippen LogP contribution in [0.2, 0.25) is 0 Å². The van der Waals surface area contributed by atoms with E-state index in [1.54, 1.807) is 0 Å². The summed E-state index contributed by atoms with van der Waals surface area (Å²) in [6.07, 6.45) is 21.8. The number of amidine groups is 1. The first-order chi connectivity index (χ1) is 21.3. The fourth-order valence-corrected chi connectivity index (χ4v) is 4.19. The average Bonchev–Trinajstić information content (AvgIpc) is 2.97. The minimum absolute atomic E-state index is 0. The van der Waals surface area contributed by atoms with Crippen LogP contribution < -0.4 is 57.7 Å². The number of quaternary nitrogens is 1. The molecule has 0 aromatic rings. The first kappa shape index (κ1) is 56.0. The van der Waals surface area contributed by atoms with Crippen LogP contribution in [-0.2, 0) is 0 Å². The summed E-state index contributed by atoms with van der Waals surface area (Å²) in [4.78, 5) is 0. The second kappa shape index (κ2) is 47.1. The van der Waals surface area contributed by atoms with Crippen LogP contribution in [0.3, 0.4) is 0 Å². The minimum atomic E-state index is -0.333. The van der Waals surface area contributed by atoms with Gasteiger partial charge >= 0.3 is 0 Å². The fraction of sp³-hybridized carbons (Fsp3) is 0.875. The summed E-state index contributed by atoms with van der Waals surface area (Å²) in [5, 5.41) is 27.9. The van der Waals surface area contributed by atoms with Crippen molar-refractivity contribution in [3.63, 3.8) is 0 Å². The molecule has 0 spiro atoms. The molecule has 14 heteroatoms. The van der Waals surface area contributed by atoms with Gasteiger partial charge in [-0.2, -0.15) is 0 Å². The largest absolute Gasteiger partial charge is 1.00 e. The van der Waals surface area contributed by atoms with Gasteiger partial charge in [0.15, 0.2) is 17.9 Å². The Morgan fingerprint density at radius 2 is 0.804 bits per heavy atom. The molecule has 13 nitrogen and oxygen atoms in total. The fourth-order valence-electron chi connectivity index (χ4n) is 4.19. The molecule has 0 saturated carbocycles. The Bertz CT molecular complexity index is 590. The summed E-state index contributed by atoms with van der Waals surface area (Å²) in [7, 11) is 0. The maximum atomic E-state index is 6.91. The van der Waals surface area contributed by atoms with E-state index in [4.69, 9.17) is 44.7 Å². The van der Waals surface area contributed by atoms with Gasteiger partial charge in [-0.25, -0.2) is 0 Å². The normalized spacial score (nSPS) is 9.63. The average molecular weight is 683 g/mol. The van der Waals surface area contributed by atoms with Gasteiger partial charge in [0.2, 0.25) is 0 Å². The number of nitrogens with zero attached hydrogens (tertiary/aromatic N) is 1. The van der Waals surface area contributed by atoms with Crippen LogP contribution in [0.4, 0.5) is 0 Å². The van der Waals surface area contributed by atoms with Gasteiger partial charge in [0.1, 0.15) is 0 Å². The van der Waals surface area contributed by atoms with Crippen molar-refractivity contribution in [3.8, 4) is 0 Å². The SMILES string of the molecule is CCCCCCC(=N)N.CCCCCCNN.CCCC[N+](CCCC)(CCCC)CCCC.N=C(N)N.N=C(N)NC(=N)N.[Cl-]. The Kier molecular flexibility index (Phi) is 57.3. The first-order valence-corrected chi connectivity index (χ1v) is 17.4. The number of guanidine groups is 3. The van der Waals surface area contributed by atoms with Crippen LogP contribution in [0.15, 0.2) is 0 Å². The number of halogens is 1. The molecule has 0 aromatic carbocycles. The zero-order chi connectivity index (χ0) is 35.8. The van der Waals surface area contributed by atoms with E-state index >= 15 is 0 Å². The Morgan fingerprint density at radius 1 is 0.500 bits per heavy atom. The van der Waals surface area contributed by atoms with Gasteiger partial charge in [-0.15, -0.1) is 0 Å². The van der Waals surface area contributed by atoms with Crippen molar-refractivity contribution >= 4 is 23.7 Å². The Labute approximate surface area is 290 Å². The van der Waals surface area contributed by atoms with Gasteiger partial charge in [0.05, 0.1) is 32.0 Å². The number of rotatable bonds is 22. The number of hydrazine groups is 1. The lowest BCUT2D eigenvalue weighted by Crippen LogP contribution is -3.00. The number of unbranched alkanes of at least 4 members (excludes halogenated alkanes) is 10. The van der Waals surface area contributed by atoms with Crippen molar-refractivity contribution in [1.29, 1.82) is 21.6 Å². The second-order valence-corrected chi connectivity index (χ2v) is 11.4. The molecule has 0 aliphatic rings. The molecule has 280 valence electrons. The first-order valence-electron chi connectivity index (χ1n) is 17.4. The molecule has 0 aromatic heterocycles. The molecular weight excluding hydrogens is 602 g/mol. The molecule has 0 saturated heterocycles. The van der Waals surface area contributed by atoms with Crippen LogP contribution in [0, 0.1) is 21.6 Å². The van der Waals surface area contributed by atoms with E-state index in [0.717, 1.165) is 19.4 Å². The van der Waals surface area contributed by atoms with E-state index in [1.807, 2.05) is 5.32 Å². The van der Waals surface area contributed by atoms with Crippen LogP contribution in [0.25, 0.3) is 0 Å². The van der Waals surface area contributed by atoms with E-state index in [-0.39, 0.29) is 30.3 Å². The van der Waals surface area contributed by atoms with Crippen molar-refractivity contribution < 1.29 is 16.9 Å². The van der Waals surface area contributed by atoms with E-state index < -0.39 is 0 Å². The van der Waals surface area contributed by atoms with Gasteiger partial charge in [-0.05, 0) is 38.5 Å². The zero-order valence-electron chi connectivity index (χ0n) is 30.8. The zero-order valence-corrected chi connectivity index (χ0v) is 31.6. The molecule has 0 fully saturated rings. The molecule has 0 atom stereocenters. The second-order valence-electron chi connectivity index (χ2n) is 11.4. The summed E-state index contributed by atoms with van der Waals surface area (Å²) in [5.41, 5.74) is 26.2. The monoisotopic (exact) mass is 682 g/mol. The van der Waals surface area contributed by atoms with E-state index in [2.05, 4.69) is 58.4 Å². The summed E-state index contributed by atoms with van der Waals surface area (Å²) in [6, 6.07) is 0. The molecule has 0 aliphatic carbocycles. The van der Waals surface area contributed by atoms with E-state index in [9.17, 15) is 0 Å². The topological polar surface area (TPSA) is 276 Å². The Morgan fingerprint density at radius 3 is 1.02 bits per heavy atom. The minimum Gasteiger partial charge on any atom is -1.00 e. The van der Waals surface area contributed by atoms with Crippen LogP contribution in [-0.4, -0.2) is 60.9 Å². The van der Waals surface area contributed by atoms with Crippen molar-refractivity contribution in [2.75, 3.05) is 32.7 Å². The lowest BCUT2D eigenvalue weighted by Gasteiger charge is -2.39. The Balaban J connectivity index is -0.000000118. The standard InChI is InChI=1S/C16H36N.C7H16N2.C6H16N2.C2H7N5.CH5N3.ClH/c1-5-9-13-17(14-10-6-2,15-11-7-3)16-12-8-4;1-2-3-4-5-6-7(8)9;1-2-3-4-5-6-8-7;3-1(4)7-2(5)6;2-1(3)4;/h5-16H2,1-4H3;2-6H2,1H3,(H3,8,9);8H,2-7H2,1H3;(H7,3,4,5,6,7);(H5,2,3,4);1H/q+1;;;;;/p-1. The van der Waals surface area contributed by atoms with Crippen molar-refractivity contribution in [1.82, 2.24) is 10.7 Å². The molecule has 0 unspecified atom stereocenters. The van der Waals surface area contributed by atoms with Gasteiger partial charge in [0, 0.05) is 13.0 Å². The molecule has 0 rings (SSSR count). The van der Waals surface area contributed by atoms with Crippen molar-refractivity contribution in [2.45, 2.75) is 151 Å². The van der Waals surface area contributed by atoms with Crippen molar-refractivity contribution in [3.05, 3.63) is 0 Å². The maximum Gasteiger partial charge on any atom is 0.192 e. The smallest absolute Gasteiger partial charge is 0.192 e. The van der Waals surface area contributed by atoms with Crippen LogP contribution in [0.5, 0.6) is 0 Å². The van der Waals surface area contributed by atoms with E-state index in [0.29, 0.717) is 5.84 Å². The maximum absolute atomic E-state index is 6.91. The van der Waals surface area contributed by atoms with Crippen molar-refractivity contribution in [2.24, 2.45) is 34.5 Å². The summed E-state index contributed by atoms with van der Waals surface area (Å²) in [5.74, 6) is 4.43. The Hall–Kier alpha value is -2.35. The highest BCUT2D eigenvalue weighted by atomic mass is 35.5. The third kappa shape index (κ3) is 64.6. The lowest BCUT2D eigenvalue weighted by molar-refractivity contribution is -0.929. The highest BCUT2D eigenvalue weighted by Crippen LogP contribution is 2.16. The third-order valence-corrected chi connectivity index (χ3v) is 6.69. The summed E-state index contributed by atoms with van der Waals surface area (Å²) < 4.78 is 1.42. The van der Waals surface area contributed by atoms with Gasteiger partial charge in [0.25, 0.3) is 0 Å². The molecule has 0 heterocycles. The predicted molar refractivity (Wildman–Crippen MR) is 199 cm³/mol. The number of hydrogen-bond donors (Lipinski definition) is 12. The van der Waals surface area contributed by atoms with Gasteiger partial charge in [-0.3, -0.25) is 38.2 Å². The predicted octanol–water partition coefficient (Wildman–Crippen LogP) is 2.13. The highest BCUT2D eigenvalue weighted by molar-refractivity contribution is 5.93. The molecule has 0 bridgehead atoms. The number of hydrogen-bond acceptors (Lipinski definition) is 6. The molecule has 0 radical (unpaired) electrons. The molecular formula is C32H80ClN13. The van der Waals surface area contributed by atoms with Gasteiger partial charge < -0.3 is 45.6 Å². The quantitative estimate of drug-likeness (QED) is 0.0200. The number of nitrogens with two attached hydrogens (primary N) is 6. The summed E-state index contributed by atoms with van der Waals surface area (Å²) >= 11 is 0. The van der Waals surface area contributed by atoms with Gasteiger partial charge in [-0.1, -0.05) is 106 Å². The lowest BCUT2D eigenvalue weighted by atomic mass is 10.1. The summed E-state index contributed by atoms with van der Waals surface area (Å²) in [6.45, 7) is 20.4. The van der Waals surface area contributed by atoms with E-state index in [1.165, 1.54) is 127 Å². The van der Waals surface area contributed by atoms with Crippen LogP contribution in [0.1, 0.15) is 151 Å². The molecule has 18 N–H and O–H groups in total.